The van der Waals surface area contributed by atoms with Gasteiger partial charge in [-0.05, 0) is 73.7 Å². The van der Waals surface area contributed by atoms with Crippen molar-refractivity contribution < 1.29 is 9.59 Å². The molecule has 1 atom stereocenters. The number of aryl methyl sites for hydroxylation is 2. The summed E-state index contributed by atoms with van der Waals surface area (Å²) in [4.78, 5) is 25.3. The molecule has 2 aromatic carbocycles. The molecule has 0 bridgehead atoms. The number of carbonyl (C=O) groups excluding carboxylic acids is 2. The van der Waals surface area contributed by atoms with E-state index >= 15 is 0 Å². The molecule has 0 saturated carbocycles. The van der Waals surface area contributed by atoms with Crippen molar-refractivity contribution in [2.45, 2.75) is 26.3 Å². The van der Waals surface area contributed by atoms with Crippen molar-refractivity contribution in [3.05, 3.63) is 63.1 Å². The maximum Gasteiger partial charge on any atom is 0.253 e. The Balaban J connectivity index is 2.14. The van der Waals surface area contributed by atoms with Crippen LogP contribution in [0.25, 0.3) is 0 Å². The summed E-state index contributed by atoms with van der Waals surface area (Å²) in [6.07, 6.45) is 2.46. The van der Waals surface area contributed by atoms with Gasteiger partial charge < -0.3 is 10.6 Å². The lowest BCUT2D eigenvalue weighted by Gasteiger charge is -2.19. The van der Waals surface area contributed by atoms with Gasteiger partial charge in [0, 0.05) is 10.7 Å². The third kappa shape index (κ3) is 6.16. The molecule has 27 heavy (non-hydrogen) atoms. The minimum absolute atomic E-state index is 0.248. The van der Waals surface area contributed by atoms with E-state index in [0.717, 1.165) is 16.9 Å². The summed E-state index contributed by atoms with van der Waals surface area (Å²) in [6, 6.07) is 9.69. The lowest BCUT2D eigenvalue weighted by atomic mass is 10.1. The van der Waals surface area contributed by atoms with Gasteiger partial charge in [-0.25, -0.2) is 0 Å². The lowest BCUT2D eigenvalue weighted by molar-refractivity contribution is -0.118. The number of thioether (sulfide) groups is 1. The Morgan fingerprint density at radius 2 is 1.81 bits per heavy atom. The van der Waals surface area contributed by atoms with Gasteiger partial charge in [-0.15, -0.1) is 0 Å². The van der Waals surface area contributed by atoms with Crippen molar-refractivity contribution in [1.82, 2.24) is 5.32 Å². The van der Waals surface area contributed by atoms with E-state index < -0.39 is 11.9 Å². The number of halogens is 2. The number of amides is 2. The van der Waals surface area contributed by atoms with E-state index in [1.165, 1.54) is 6.07 Å². The van der Waals surface area contributed by atoms with Crippen molar-refractivity contribution in [2.24, 2.45) is 0 Å². The van der Waals surface area contributed by atoms with Gasteiger partial charge >= 0.3 is 0 Å². The Bertz CT molecular complexity index is 843. The molecule has 2 rings (SSSR count). The van der Waals surface area contributed by atoms with Gasteiger partial charge in [-0.3, -0.25) is 9.59 Å². The number of hydrogen-bond donors (Lipinski definition) is 2. The van der Waals surface area contributed by atoms with Gasteiger partial charge in [0.1, 0.15) is 6.04 Å². The second kappa shape index (κ2) is 10.0. The molecule has 0 aliphatic rings. The van der Waals surface area contributed by atoms with E-state index in [2.05, 4.69) is 10.6 Å². The quantitative estimate of drug-likeness (QED) is 0.649. The molecule has 0 spiro atoms. The number of nitrogens with one attached hydrogen (secondary N) is 2. The van der Waals surface area contributed by atoms with Crippen molar-refractivity contribution in [2.75, 3.05) is 17.3 Å². The second-order valence-electron chi connectivity index (χ2n) is 6.22. The minimum atomic E-state index is -0.668. The zero-order valence-electron chi connectivity index (χ0n) is 15.4. The highest BCUT2D eigenvalue weighted by molar-refractivity contribution is 7.98. The smallest absolute Gasteiger partial charge is 0.253 e. The van der Waals surface area contributed by atoms with Crippen LogP contribution in [0.2, 0.25) is 10.0 Å². The fourth-order valence-electron chi connectivity index (χ4n) is 2.46. The summed E-state index contributed by atoms with van der Waals surface area (Å²) in [5, 5.41) is 6.36. The van der Waals surface area contributed by atoms with Crippen LogP contribution in [-0.2, 0) is 4.79 Å². The monoisotopic (exact) mass is 424 g/mol. The SMILES string of the molecule is CSCCC(NC(=O)c1ccc(Cl)cc1Cl)C(=O)Nc1ccc(C)c(C)c1. The molecule has 144 valence electrons. The molecule has 0 radical (unpaired) electrons. The average Bonchev–Trinajstić information content (AvgIpc) is 2.61. The van der Waals surface area contributed by atoms with Crippen LogP contribution >= 0.6 is 35.0 Å². The molecule has 0 aliphatic carbocycles. The molecule has 0 saturated heterocycles. The average molecular weight is 425 g/mol. The van der Waals surface area contributed by atoms with Crippen LogP contribution in [-0.4, -0.2) is 29.9 Å². The predicted molar refractivity (Wildman–Crippen MR) is 115 cm³/mol. The molecular formula is C20H22Cl2N2O2S. The predicted octanol–water partition coefficient (Wildman–Crippen LogP) is 5.10. The molecule has 2 N–H and O–H groups in total. The van der Waals surface area contributed by atoms with Crippen LogP contribution in [0.5, 0.6) is 0 Å². The van der Waals surface area contributed by atoms with E-state index in [4.69, 9.17) is 23.2 Å². The Hall–Kier alpha value is -1.69. The molecule has 2 aromatic rings. The van der Waals surface area contributed by atoms with E-state index in [9.17, 15) is 9.59 Å². The van der Waals surface area contributed by atoms with Crippen LogP contribution in [0, 0.1) is 13.8 Å². The summed E-state index contributed by atoms with van der Waals surface area (Å²) in [5.41, 5.74) is 3.23. The van der Waals surface area contributed by atoms with Crippen LogP contribution in [0.1, 0.15) is 27.9 Å². The largest absolute Gasteiger partial charge is 0.340 e. The zero-order valence-corrected chi connectivity index (χ0v) is 17.8. The highest BCUT2D eigenvalue weighted by atomic mass is 35.5. The summed E-state index contributed by atoms with van der Waals surface area (Å²) in [7, 11) is 0. The third-order valence-electron chi connectivity index (χ3n) is 4.18. The number of carbonyl (C=O) groups is 2. The fraction of sp³-hybridized carbons (Fsp3) is 0.300. The first kappa shape index (κ1) is 21.6. The molecule has 7 heteroatoms. The van der Waals surface area contributed by atoms with Gasteiger partial charge in [0.2, 0.25) is 5.91 Å². The van der Waals surface area contributed by atoms with E-state index in [0.29, 0.717) is 17.1 Å². The molecular weight excluding hydrogens is 403 g/mol. The van der Waals surface area contributed by atoms with Gasteiger partial charge in [0.05, 0.1) is 10.6 Å². The first-order valence-electron chi connectivity index (χ1n) is 8.44. The Morgan fingerprint density at radius 3 is 2.44 bits per heavy atom. The molecule has 4 nitrogen and oxygen atoms in total. The minimum Gasteiger partial charge on any atom is -0.340 e. The van der Waals surface area contributed by atoms with Crippen LogP contribution in [0.4, 0.5) is 5.69 Å². The summed E-state index contributed by atoms with van der Waals surface area (Å²) >= 11 is 13.6. The highest BCUT2D eigenvalue weighted by Crippen LogP contribution is 2.21. The number of anilines is 1. The first-order valence-corrected chi connectivity index (χ1v) is 10.6. The van der Waals surface area contributed by atoms with Crippen LogP contribution in [0.15, 0.2) is 36.4 Å². The van der Waals surface area contributed by atoms with Crippen LogP contribution < -0.4 is 10.6 Å². The normalized spacial score (nSPS) is 11.7. The summed E-state index contributed by atoms with van der Waals surface area (Å²) in [6.45, 7) is 4.00. The van der Waals surface area contributed by atoms with Crippen molar-refractivity contribution in [3.8, 4) is 0 Å². The molecule has 0 aliphatic heterocycles. The van der Waals surface area contributed by atoms with Crippen molar-refractivity contribution in [3.63, 3.8) is 0 Å². The molecule has 2 amide bonds. The first-order chi connectivity index (χ1) is 12.8. The Labute approximate surface area is 174 Å². The molecule has 0 aromatic heterocycles. The summed E-state index contributed by atoms with van der Waals surface area (Å²) in [5.74, 6) is 0.0726. The Morgan fingerprint density at radius 1 is 1.07 bits per heavy atom. The van der Waals surface area contributed by atoms with E-state index in [1.54, 1.807) is 23.9 Å². The second-order valence-corrected chi connectivity index (χ2v) is 8.05. The maximum absolute atomic E-state index is 12.7. The molecule has 0 fully saturated rings. The van der Waals surface area contributed by atoms with E-state index in [1.807, 2.05) is 38.3 Å². The number of hydrogen-bond acceptors (Lipinski definition) is 3. The number of benzene rings is 2. The molecule has 0 heterocycles. The third-order valence-corrected chi connectivity index (χ3v) is 5.37. The zero-order chi connectivity index (χ0) is 20.0. The number of rotatable bonds is 7. The van der Waals surface area contributed by atoms with Crippen LogP contribution in [0.3, 0.4) is 0 Å². The van der Waals surface area contributed by atoms with E-state index in [-0.39, 0.29) is 16.5 Å². The van der Waals surface area contributed by atoms with Crippen molar-refractivity contribution >= 4 is 52.5 Å². The van der Waals surface area contributed by atoms with Gasteiger partial charge in [-0.2, -0.15) is 11.8 Å². The maximum atomic E-state index is 12.7. The topological polar surface area (TPSA) is 58.2 Å². The standard InChI is InChI=1S/C20H22Cl2N2O2S/c1-12-4-6-15(10-13(12)2)23-20(26)18(8-9-27-3)24-19(25)16-7-5-14(21)11-17(16)22/h4-7,10-11,18H,8-9H2,1-3H3,(H,23,26)(H,24,25). The molecule has 1 unspecified atom stereocenters. The Kier molecular flexibility index (Phi) is 8.02. The van der Waals surface area contributed by atoms with Gasteiger partial charge in [0.15, 0.2) is 0 Å². The highest BCUT2D eigenvalue weighted by Gasteiger charge is 2.22. The lowest BCUT2D eigenvalue weighted by Crippen LogP contribution is -2.44. The fourth-order valence-corrected chi connectivity index (χ4v) is 3.43. The van der Waals surface area contributed by atoms with Gasteiger partial charge in [0.25, 0.3) is 5.91 Å². The van der Waals surface area contributed by atoms with Crippen molar-refractivity contribution in [1.29, 1.82) is 0 Å². The van der Waals surface area contributed by atoms with Gasteiger partial charge in [-0.1, -0.05) is 29.3 Å². The summed E-state index contributed by atoms with van der Waals surface area (Å²) < 4.78 is 0.